The lowest BCUT2D eigenvalue weighted by Crippen LogP contribution is -2.23. The van der Waals surface area contributed by atoms with Crippen molar-refractivity contribution < 1.29 is 0 Å². The van der Waals surface area contributed by atoms with E-state index in [0.29, 0.717) is 0 Å². The van der Waals surface area contributed by atoms with Gasteiger partial charge in [-0.3, -0.25) is 0 Å². The van der Waals surface area contributed by atoms with E-state index in [1.165, 1.54) is 100 Å². The summed E-state index contributed by atoms with van der Waals surface area (Å²) in [6.07, 6.45) is 0. The lowest BCUT2D eigenvalue weighted by atomic mass is 9.74. The normalized spacial score (nSPS) is 17.6. The Morgan fingerprint density at radius 1 is 0.265 bits per heavy atom. The van der Waals surface area contributed by atoms with Gasteiger partial charge in [0.15, 0.2) is 0 Å². The summed E-state index contributed by atoms with van der Waals surface area (Å²) >= 11 is 0. The number of rotatable bonds is 7. The van der Waals surface area contributed by atoms with Crippen molar-refractivity contribution in [2.45, 2.75) is 43.9 Å². The van der Waals surface area contributed by atoms with Gasteiger partial charge in [-0.05, 0) is 150 Å². The highest BCUT2D eigenvalue weighted by molar-refractivity contribution is 5.94. The SMILES string of the molecule is CC1(C)c2ccccc2-c2cccc(-c3ccccc3-c3ccc(N(c4ccc5c(c4)C(C)(c4ccccc4)c4ccccc4-5)c4ccc5c(c4)C(C)(c4ccccc4)c4ccccc4-5)cc3)c21. The summed E-state index contributed by atoms with van der Waals surface area (Å²) in [4.78, 5) is 2.49. The van der Waals surface area contributed by atoms with E-state index < -0.39 is 0 Å². The summed E-state index contributed by atoms with van der Waals surface area (Å²) in [5, 5.41) is 0. The van der Waals surface area contributed by atoms with E-state index in [0.717, 1.165) is 17.1 Å². The summed E-state index contributed by atoms with van der Waals surface area (Å²) in [5.41, 5.74) is 26.2. The molecule has 13 rings (SSSR count). The lowest BCUT2D eigenvalue weighted by Gasteiger charge is -2.32. The van der Waals surface area contributed by atoms with Gasteiger partial charge in [0.1, 0.15) is 0 Å². The monoisotopic (exact) mass is 869 g/mol. The Balaban J connectivity index is 0.985. The number of anilines is 3. The van der Waals surface area contributed by atoms with Crippen molar-refractivity contribution in [3.63, 3.8) is 0 Å². The number of benzene rings is 10. The molecule has 3 aliphatic rings. The van der Waals surface area contributed by atoms with E-state index in [1.807, 2.05) is 0 Å². The fourth-order valence-corrected chi connectivity index (χ4v) is 12.7. The fraction of sp³-hybridized carbons (Fsp3) is 0.104. The van der Waals surface area contributed by atoms with Crippen LogP contribution in [0.15, 0.2) is 237 Å². The molecule has 0 saturated carbocycles. The Labute approximate surface area is 400 Å². The van der Waals surface area contributed by atoms with Crippen LogP contribution in [0.5, 0.6) is 0 Å². The molecule has 3 aliphatic carbocycles. The second kappa shape index (κ2) is 15.0. The molecule has 0 fully saturated rings. The van der Waals surface area contributed by atoms with Gasteiger partial charge in [-0.1, -0.05) is 214 Å². The second-order valence-electron chi connectivity index (χ2n) is 19.9. The van der Waals surface area contributed by atoms with E-state index >= 15 is 0 Å². The minimum absolute atomic E-state index is 0.123. The third-order valence-corrected chi connectivity index (χ3v) is 16.0. The summed E-state index contributed by atoms with van der Waals surface area (Å²) in [7, 11) is 0. The van der Waals surface area contributed by atoms with E-state index in [9.17, 15) is 0 Å². The van der Waals surface area contributed by atoms with Gasteiger partial charge in [-0.2, -0.15) is 0 Å². The standard InChI is InChI=1S/C67H51N/c1-65(2)59-31-16-13-28-54(59)58-30-19-29-57(64(58)65)51-25-12-11-24-50(51)44-34-36-47(37-35-44)68(48-38-40-55-52-26-14-17-32-60(52)66(3,62(55)42-48)45-20-7-5-8-21-45)49-39-41-56-53-27-15-18-33-61(53)67(4,63(56)43-49)46-22-9-6-10-23-46/h5-43H,1-4H3. The molecule has 10 aromatic rings. The first-order chi connectivity index (χ1) is 33.3. The minimum atomic E-state index is -0.332. The maximum atomic E-state index is 2.49. The minimum Gasteiger partial charge on any atom is -0.310 e. The van der Waals surface area contributed by atoms with E-state index in [1.54, 1.807) is 0 Å². The molecule has 0 bridgehead atoms. The van der Waals surface area contributed by atoms with Crippen LogP contribution in [0.25, 0.3) is 55.6 Å². The smallest absolute Gasteiger partial charge is 0.0465 e. The highest BCUT2D eigenvalue weighted by Gasteiger charge is 2.43. The molecule has 0 saturated heterocycles. The summed E-state index contributed by atoms with van der Waals surface area (Å²) in [5.74, 6) is 0. The zero-order valence-corrected chi connectivity index (χ0v) is 39.0. The summed E-state index contributed by atoms with van der Waals surface area (Å²) in [6, 6.07) is 88.5. The van der Waals surface area contributed by atoms with Gasteiger partial charge < -0.3 is 4.90 Å². The molecule has 1 heteroatoms. The summed E-state index contributed by atoms with van der Waals surface area (Å²) < 4.78 is 0. The van der Waals surface area contributed by atoms with Gasteiger partial charge in [0, 0.05) is 33.3 Å². The lowest BCUT2D eigenvalue weighted by molar-refractivity contribution is 0.662. The Morgan fingerprint density at radius 2 is 0.632 bits per heavy atom. The third kappa shape index (κ3) is 5.69. The molecule has 324 valence electrons. The molecule has 68 heavy (non-hydrogen) atoms. The quantitative estimate of drug-likeness (QED) is 0.154. The molecule has 2 unspecified atom stereocenters. The molecule has 0 spiro atoms. The molecular formula is C67H51N. The van der Waals surface area contributed by atoms with Crippen molar-refractivity contribution in [3.8, 4) is 55.6 Å². The number of nitrogens with zero attached hydrogens (tertiary/aromatic N) is 1. The van der Waals surface area contributed by atoms with Crippen LogP contribution in [0.1, 0.15) is 72.2 Å². The van der Waals surface area contributed by atoms with Crippen LogP contribution in [0.2, 0.25) is 0 Å². The van der Waals surface area contributed by atoms with Gasteiger partial charge in [0.25, 0.3) is 0 Å². The number of hydrogen-bond acceptors (Lipinski definition) is 1. The predicted molar refractivity (Wildman–Crippen MR) is 284 cm³/mol. The highest BCUT2D eigenvalue weighted by Crippen LogP contribution is 2.57. The zero-order chi connectivity index (χ0) is 45.8. The van der Waals surface area contributed by atoms with Crippen LogP contribution in [0, 0.1) is 0 Å². The Morgan fingerprint density at radius 3 is 1.15 bits per heavy atom. The number of fused-ring (bicyclic) bond motifs is 9. The zero-order valence-electron chi connectivity index (χ0n) is 39.0. The average molecular weight is 870 g/mol. The predicted octanol–water partition coefficient (Wildman–Crippen LogP) is 17.5. The molecule has 0 aliphatic heterocycles. The van der Waals surface area contributed by atoms with Gasteiger partial charge in [0.2, 0.25) is 0 Å². The second-order valence-corrected chi connectivity index (χ2v) is 19.9. The van der Waals surface area contributed by atoms with Crippen LogP contribution in [0.4, 0.5) is 17.1 Å². The fourth-order valence-electron chi connectivity index (χ4n) is 12.7. The van der Waals surface area contributed by atoms with Gasteiger partial charge in [-0.25, -0.2) is 0 Å². The van der Waals surface area contributed by atoms with Crippen molar-refractivity contribution in [2.75, 3.05) is 4.90 Å². The van der Waals surface area contributed by atoms with Crippen molar-refractivity contribution in [3.05, 3.63) is 281 Å². The van der Waals surface area contributed by atoms with Crippen molar-refractivity contribution in [1.82, 2.24) is 0 Å². The van der Waals surface area contributed by atoms with Crippen molar-refractivity contribution >= 4 is 17.1 Å². The van der Waals surface area contributed by atoms with Crippen LogP contribution < -0.4 is 4.90 Å². The first-order valence-corrected chi connectivity index (χ1v) is 24.1. The van der Waals surface area contributed by atoms with Crippen LogP contribution in [-0.2, 0) is 16.2 Å². The topological polar surface area (TPSA) is 3.24 Å². The molecule has 0 aromatic heterocycles. The molecule has 2 atom stereocenters. The molecule has 0 radical (unpaired) electrons. The number of hydrogen-bond donors (Lipinski definition) is 0. The molecule has 1 nitrogen and oxygen atoms in total. The van der Waals surface area contributed by atoms with Crippen LogP contribution in [-0.4, -0.2) is 0 Å². The maximum Gasteiger partial charge on any atom is 0.0465 e. The van der Waals surface area contributed by atoms with E-state index in [2.05, 4.69) is 269 Å². The average Bonchev–Trinajstić information content (AvgIpc) is 3.92. The van der Waals surface area contributed by atoms with Gasteiger partial charge >= 0.3 is 0 Å². The van der Waals surface area contributed by atoms with E-state index in [-0.39, 0.29) is 16.2 Å². The third-order valence-electron chi connectivity index (χ3n) is 16.0. The van der Waals surface area contributed by atoms with E-state index in [4.69, 9.17) is 0 Å². The Kier molecular flexibility index (Phi) is 8.89. The molecule has 0 amide bonds. The molecular weight excluding hydrogens is 819 g/mol. The van der Waals surface area contributed by atoms with Crippen LogP contribution in [0.3, 0.4) is 0 Å². The Hall–Kier alpha value is -8.00. The van der Waals surface area contributed by atoms with Gasteiger partial charge in [-0.15, -0.1) is 0 Å². The Bertz CT molecular complexity index is 3470. The van der Waals surface area contributed by atoms with Crippen molar-refractivity contribution in [1.29, 1.82) is 0 Å². The largest absolute Gasteiger partial charge is 0.310 e. The maximum absolute atomic E-state index is 2.49. The molecule has 0 heterocycles. The first kappa shape index (κ1) is 40.3. The van der Waals surface area contributed by atoms with Gasteiger partial charge in [0.05, 0.1) is 0 Å². The molecule has 10 aromatic carbocycles. The van der Waals surface area contributed by atoms with Crippen molar-refractivity contribution in [2.24, 2.45) is 0 Å². The summed E-state index contributed by atoms with van der Waals surface area (Å²) in [6.45, 7) is 9.58. The van der Waals surface area contributed by atoms with Crippen LogP contribution >= 0.6 is 0 Å². The first-order valence-electron chi connectivity index (χ1n) is 24.1. The molecule has 0 N–H and O–H groups in total. The highest BCUT2D eigenvalue weighted by atomic mass is 15.1.